The van der Waals surface area contributed by atoms with Crippen LogP contribution in [0, 0.1) is 0 Å². The molecular weight excluding hydrogens is 597 g/mol. The second-order valence-corrected chi connectivity index (χ2v) is 13.1. The monoisotopic (exact) mass is 628 g/mol. The molecule has 0 bridgehead atoms. The maximum atomic E-state index is 5.04. The standard InChI is InChI=1S/C45H32N4/c1-45(2)38-24-23-34(28-37(38)41-36-16-7-6-11-29(36)22-25-39(41)45)33-14-10-15-35(27-33)44-48-42(31-12-4-3-5-13-31)47-43(49-44)32-20-18-30(19-21-32)40-17-8-9-26-46-40/h3-28H,1-2H3. The van der Waals surface area contributed by atoms with Gasteiger partial charge in [0, 0.05) is 33.9 Å². The largest absolute Gasteiger partial charge is 0.256 e. The maximum absolute atomic E-state index is 5.04. The maximum Gasteiger partial charge on any atom is 0.164 e. The molecule has 0 N–H and O–H groups in total. The molecule has 0 radical (unpaired) electrons. The third kappa shape index (κ3) is 5.01. The number of aromatic nitrogens is 4. The summed E-state index contributed by atoms with van der Waals surface area (Å²) in [7, 11) is 0. The molecule has 4 nitrogen and oxygen atoms in total. The van der Waals surface area contributed by atoms with E-state index in [4.69, 9.17) is 15.0 Å². The number of hydrogen-bond donors (Lipinski definition) is 0. The highest BCUT2D eigenvalue weighted by atomic mass is 15.0. The summed E-state index contributed by atoms with van der Waals surface area (Å²) in [5, 5.41) is 2.57. The lowest BCUT2D eigenvalue weighted by Gasteiger charge is -2.21. The highest BCUT2D eigenvalue weighted by Gasteiger charge is 2.36. The summed E-state index contributed by atoms with van der Waals surface area (Å²) in [6, 6.07) is 53.1. The summed E-state index contributed by atoms with van der Waals surface area (Å²) in [6.45, 7) is 4.67. The summed E-state index contributed by atoms with van der Waals surface area (Å²) in [5.41, 5.74) is 12.4. The molecule has 0 amide bonds. The lowest BCUT2D eigenvalue weighted by atomic mass is 9.82. The van der Waals surface area contributed by atoms with Gasteiger partial charge in [-0.1, -0.05) is 141 Å². The molecule has 0 fully saturated rings. The van der Waals surface area contributed by atoms with Crippen molar-refractivity contribution in [1.82, 2.24) is 19.9 Å². The number of pyridine rings is 1. The van der Waals surface area contributed by atoms with Crippen molar-refractivity contribution in [3.63, 3.8) is 0 Å². The quantitative estimate of drug-likeness (QED) is 0.190. The van der Waals surface area contributed by atoms with Gasteiger partial charge in [0.25, 0.3) is 0 Å². The van der Waals surface area contributed by atoms with Crippen LogP contribution in [0.2, 0.25) is 0 Å². The molecule has 0 atom stereocenters. The zero-order valence-electron chi connectivity index (χ0n) is 27.3. The van der Waals surface area contributed by atoms with Crippen molar-refractivity contribution < 1.29 is 0 Å². The average Bonchev–Trinajstić information content (AvgIpc) is 3.41. The lowest BCUT2D eigenvalue weighted by Crippen LogP contribution is -2.14. The smallest absolute Gasteiger partial charge is 0.164 e. The molecule has 6 aromatic carbocycles. The Balaban J connectivity index is 1.15. The topological polar surface area (TPSA) is 51.6 Å². The van der Waals surface area contributed by atoms with E-state index in [1.807, 2.05) is 54.7 Å². The van der Waals surface area contributed by atoms with E-state index in [1.165, 1.54) is 38.6 Å². The van der Waals surface area contributed by atoms with Crippen molar-refractivity contribution in [3.8, 4) is 67.7 Å². The van der Waals surface area contributed by atoms with Crippen LogP contribution >= 0.6 is 0 Å². The first-order chi connectivity index (χ1) is 24.0. The Morgan fingerprint density at radius 3 is 1.80 bits per heavy atom. The second-order valence-electron chi connectivity index (χ2n) is 13.1. The van der Waals surface area contributed by atoms with Gasteiger partial charge < -0.3 is 0 Å². The van der Waals surface area contributed by atoms with Crippen molar-refractivity contribution in [2.45, 2.75) is 19.3 Å². The molecule has 2 heterocycles. The van der Waals surface area contributed by atoms with Crippen LogP contribution < -0.4 is 0 Å². The van der Waals surface area contributed by atoms with Crippen LogP contribution in [0.4, 0.5) is 0 Å². The Morgan fingerprint density at radius 2 is 1.02 bits per heavy atom. The summed E-state index contributed by atoms with van der Waals surface area (Å²) in [5.74, 6) is 1.91. The van der Waals surface area contributed by atoms with Crippen LogP contribution in [0.1, 0.15) is 25.0 Å². The van der Waals surface area contributed by atoms with Crippen molar-refractivity contribution in [2.24, 2.45) is 0 Å². The molecule has 0 saturated carbocycles. The summed E-state index contributed by atoms with van der Waals surface area (Å²) < 4.78 is 0. The molecule has 2 aromatic heterocycles. The SMILES string of the molecule is CC1(C)c2ccc(-c3cccc(-c4nc(-c5ccccc5)nc(-c5ccc(-c6ccccn6)cc5)n4)c3)cc2-c2c1ccc1ccccc21. The van der Waals surface area contributed by atoms with Crippen LogP contribution in [0.3, 0.4) is 0 Å². The highest BCUT2D eigenvalue weighted by molar-refractivity contribution is 6.03. The fourth-order valence-electron chi connectivity index (χ4n) is 7.22. The Bertz CT molecular complexity index is 2500. The van der Waals surface area contributed by atoms with Gasteiger partial charge in [0.2, 0.25) is 0 Å². The van der Waals surface area contributed by atoms with Gasteiger partial charge in [0.15, 0.2) is 17.5 Å². The van der Waals surface area contributed by atoms with Gasteiger partial charge in [0.05, 0.1) is 5.69 Å². The van der Waals surface area contributed by atoms with Gasteiger partial charge in [-0.25, -0.2) is 15.0 Å². The molecule has 4 heteroatoms. The Hall–Kier alpha value is -6.26. The van der Waals surface area contributed by atoms with Crippen LogP contribution in [-0.4, -0.2) is 19.9 Å². The first-order valence-electron chi connectivity index (χ1n) is 16.6. The third-order valence-corrected chi connectivity index (χ3v) is 9.79. The fraction of sp³-hybridized carbons (Fsp3) is 0.0667. The first kappa shape index (κ1) is 28.9. The molecule has 0 unspecified atom stereocenters. The van der Waals surface area contributed by atoms with E-state index in [-0.39, 0.29) is 5.41 Å². The normalized spacial score (nSPS) is 12.9. The Labute approximate surface area is 285 Å². The predicted octanol–water partition coefficient (Wildman–Crippen LogP) is 11.1. The number of fused-ring (bicyclic) bond motifs is 5. The van der Waals surface area contributed by atoms with Crippen LogP contribution in [-0.2, 0) is 5.41 Å². The minimum absolute atomic E-state index is 0.0694. The molecule has 0 spiro atoms. The fourth-order valence-corrected chi connectivity index (χ4v) is 7.22. The number of nitrogens with zero attached hydrogens (tertiary/aromatic N) is 4. The number of rotatable bonds is 5. The molecule has 1 aliphatic carbocycles. The lowest BCUT2D eigenvalue weighted by molar-refractivity contribution is 0.661. The molecule has 232 valence electrons. The van der Waals surface area contributed by atoms with Gasteiger partial charge in [-0.15, -0.1) is 0 Å². The zero-order chi connectivity index (χ0) is 33.0. The average molecular weight is 629 g/mol. The van der Waals surface area contributed by atoms with Gasteiger partial charge >= 0.3 is 0 Å². The van der Waals surface area contributed by atoms with Crippen molar-refractivity contribution in [1.29, 1.82) is 0 Å². The van der Waals surface area contributed by atoms with E-state index < -0.39 is 0 Å². The predicted molar refractivity (Wildman–Crippen MR) is 200 cm³/mol. The number of hydrogen-bond acceptors (Lipinski definition) is 4. The molecule has 8 aromatic rings. The molecule has 0 aliphatic heterocycles. The summed E-state index contributed by atoms with van der Waals surface area (Å²) in [6.07, 6.45) is 1.81. The Morgan fingerprint density at radius 1 is 0.429 bits per heavy atom. The Kier molecular flexibility index (Phi) is 6.77. The minimum atomic E-state index is -0.0694. The van der Waals surface area contributed by atoms with Crippen molar-refractivity contribution >= 4 is 10.8 Å². The van der Waals surface area contributed by atoms with E-state index >= 15 is 0 Å². The summed E-state index contributed by atoms with van der Waals surface area (Å²) >= 11 is 0. The van der Waals surface area contributed by atoms with Crippen molar-refractivity contribution in [3.05, 3.63) is 169 Å². The molecular formula is C45H32N4. The van der Waals surface area contributed by atoms with E-state index in [9.17, 15) is 0 Å². The van der Waals surface area contributed by atoms with E-state index in [0.717, 1.165) is 33.5 Å². The van der Waals surface area contributed by atoms with E-state index in [2.05, 4.69) is 122 Å². The zero-order valence-corrected chi connectivity index (χ0v) is 27.3. The number of benzene rings is 6. The van der Waals surface area contributed by atoms with Gasteiger partial charge in [-0.3, -0.25) is 4.98 Å². The second kappa shape index (κ2) is 11.5. The third-order valence-electron chi connectivity index (χ3n) is 9.79. The van der Waals surface area contributed by atoms with E-state index in [0.29, 0.717) is 17.5 Å². The minimum Gasteiger partial charge on any atom is -0.256 e. The van der Waals surface area contributed by atoms with Crippen LogP contribution in [0.25, 0.3) is 78.4 Å². The summed E-state index contributed by atoms with van der Waals surface area (Å²) in [4.78, 5) is 19.5. The highest BCUT2D eigenvalue weighted by Crippen LogP contribution is 2.52. The molecule has 9 rings (SSSR count). The van der Waals surface area contributed by atoms with Gasteiger partial charge in [-0.2, -0.15) is 0 Å². The van der Waals surface area contributed by atoms with Crippen LogP contribution in [0.5, 0.6) is 0 Å². The molecule has 49 heavy (non-hydrogen) atoms. The van der Waals surface area contributed by atoms with Crippen molar-refractivity contribution in [2.75, 3.05) is 0 Å². The molecule has 1 aliphatic rings. The van der Waals surface area contributed by atoms with Crippen LogP contribution in [0.15, 0.2) is 158 Å². The first-order valence-corrected chi connectivity index (χ1v) is 16.6. The van der Waals surface area contributed by atoms with Gasteiger partial charge in [0.1, 0.15) is 0 Å². The van der Waals surface area contributed by atoms with Gasteiger partial charge in [-0.05, 0) is 68.4 Å². The molecule has 0 saturated heterocycles. The van der Waals surface area contributed by atoms with E-state index in [1.54, 1.807) is 0 Å².